The Morgan fingerprint density at radius 3 is 2.75 bits per heavy atom. The summed E-state index contributed by atoms with van der Waals surface area (Å²) >= 11 is 0.886. The van der Waals surface area contributed by atoms with Gasteiger partial charge in [-0.1, -0.05) is 5.92 Å². The topological polar surface area (TPSA) is 68.8 Å². The fraction of sp³-hybridized carbons (Fsp3) is 0.267. The van der Waals surface area contributed by atoms with E-state index in [1.54, 1.807) is 14.1 Å². The second kappa shape index (κ2) is 5.98. The zero-order valence-corrected chi connectivity index (χ0v) is 13.8. The maximum atomic E-state index is 14.3. The largest absolute Gasteiger partial charge is 0.481 e. The number of amides is 1. The fourth-order valence-electron chi connectivity index (χ4n) is 2.22. The van der Waals surface area contributed by atoms with E-state index in [4.69, 9.17) is 11.2 Å². The van der Waals surface area contributed by atoms with E-state index >= 15 is 0 Å². The zero-order valence-electron chi connectivity index (χ0n) is 12.9. The lowest BCUT2D eigenvalue weighted by Crippen LogP contribution is -2.39. The van der Waals surface area contributed by atoms with Gasteiger partial charge in [-0.05, 0) is 17.4 Å². The monoisotopic (exact) mass is 348 g/mol. The third-order valence-electron chi connectivity index (χ3n) is 3.61. The molecule has 0 fully saturated rings. The molecule has 0 saturated carbocycles. The molecule has 1 amide bonds. The summed E-state index contributed by atoms with van der Waals surface area (Å²) in [5.74, 6) is 1.69. The minimum atomic E-state index is -0.618. The lowest BCUT2D eigenvalue weighted by molar-refractivity contribution is -0.121. The summed E-state index contributed by atoms with van der Waals surface area (Å²) in [5.41, 5.74) is 0.349. The highest BCUT2D eigenvalue weighted by Gasteiger charge is 2.26. The molecule has 1 aromatic heterocycles. The van der Waals surface area contributed by atoms with Gasteiger partial charge in [0.05, 0.1) is 12.2 Å². The van der Waals surface area contributed by atoms with E-state index in [9.17, 15) is 14.0 Å². The SMILES string of the molecule is C#CCN1C(=O)COc2cc(F)c(N=c3sc(=O)n(C)n3C)cc21. The number of carbonyl (C=O) groups excluding carboxylic acids is 1. The van der Waals surface area contributed by atoms with Crippen molar-refractivity contribution in [2.24, 2.45) is 19.1 Å². The van der Waals surface area contributed by atoms with Gasteiger partial charge in [0.15, 0.2) is 12.4 Å². The number of hydrogen-bond donors (Lipinski definition) is 0. The number of terminal acetylenes is 1. The van der Waals surface area contributed by atoms with Gasteiger partial charge < -0.3 is 4.74 Å². The molecule has 0 saturated heterocycles. The van der Waals surface area contributed by atoms with Crippen LogP contribution in [0.2, 0.25) is 0 Å². The Kier molecular flexibility index (Phi) is 3.99. The van der Waals surface area contributed by atoms with Crippen LogP contribution in [0.25, 0.3) is 0 Å². The van der Waals surface area contributed by atoms with E-state index in [1.165, 1.54) is 20.3 Å². The molecule has 24 heavy (non-hydrogen) atoms. The van der Waals surface area contributed by atoms with Gasteiger partial charge in [-0.15, -0.1) is 6.42 Å². The Morgan fingerprint density at radius 2 is 2.12 bits per heavy atom. The number of ether oxygens (including phenoxy) is 1. The van der Waals surface area contributed by atoms with Crippen LogP contribution < -0.4 is 19.3 Å². The van der Waals surface area contributed by atoms with E-state index in [2.05, 4.69) is 10.9 Å². The number of fused-ring (bicyclic) bond motifs is 1. The summed E-state index contributed by atoms with van der Waals surface area (Å²) in [5, 5.41) is 0. The number of carbonyl (C=O) groups is 1. The Hall–Kier alpha value is -2.86. The van der Waals surface area contributed by atoms with Crippen LogP contribution in [-0.4, -0.2) is 28.4 Å². The van der Waals surface area contributed by atoms with E-state index in [-0.39, 0.29) is 35.4 Å². The molecule has 124 valence electrons. The molecule has 0 aliphatic carbocycles. The molecule has 0 atom stereocenters. The Bertz CT molecular complexity index is 996. The second-order valence-electron chi connectivity index (χ2n) is 5.05. The first-order valence-electron chi connectivity index (χ1n) is 6.90. The van der Waals surface area contributed by atoms with Crippen LogP contribution >= 0.6 is 11.3 Å². The molecular weight excluding hydrogens is 335 g/mol. The normalized spacial score (nSPS) is 14.3. The number of nitrogens with zero attached hydrogens (tertiary/aromatic N) is 4. The molecule has 0 N–H and O–H groups in total. The van der Waals surface area contributed by atoms with E-state index < -0.39 is 5.82 Å². The van der Waals surface area contributed by atoms with Crippen LogP contribution in [0.5, 0.6) is 5.75 Å². The van der Waals surface area contributed by atoms with Crippen molar-refractivity contribution in [3.05, 3.63) is 32.4 Å². The van der Waals surface area contributed by atoms with Crippen molar-refractivity contribution in [1.29, 1.82) is 0 Å². The van der Waals surface area contributed by atoms with Gasteiger partial charge in [-0.2, -0.15) is 0 Å². The highest BCUT2D eigenvalue weighted by atomic mass is 32.1. The second-order valence-corrected chi connectivity index (χ2v) is 5.97. The Morgan fingerprint density at radius 1 is 1.38 bits per heavy atom. The quantitative estimate of drug-likeness (QED) is 0.743. The van der Waals surface area contributed by atoms with Gasteiger partial charge in [-0.25, -0.2) is 14.1 Å². The summed E-state index contributed by atoms with van der Waals surface area (Å²) in [6.45, 7) is -0.146. The maximum absolute atomic E-state index is 14.3. The number of halogens is 1. The Balaban J connectivity index is 2.17. The standard InChI is InChI=1S/C15H13FN4O3S/c1-4-5-20-11-7-10(9(16)6-12(11)23-8-13(20)21)17-14-18(2)19(3)15(22)24-14/h1,6-7H,5,8H2,2-3H3. The molecule has 0 spiro atoms. The molecule has 3 rings (SSSR count). The van der Waals surface area contributed by atoms with Crippen molar-refractivity contribution in [2.75, 3.05) is 18.1 Å². The van der Waals surface area contributed by atoms with Gasteiger partial charge in [0.25, 0.3) is 5.91 Å². The highest BCUT2D eigenvalue weighted by molar-refractivity contribution is 7.06. The van der Waals surface area contributed by atoms with Gasteiger partial charge in [0, 0.05) is 20.2 Å². The molecular formula is C15H13FN4O3S. The van der Waals surface area contributed by atoms with Crippen molar-refractivity contribution in [3.63, 3.8) is 0 Å². The molecule has 0 unspecified atom stereocenters. The first-order valence-corrected chi connectivity index (χ1v) is 7.72. The third kappa shape index (κ3) is 2.61. The number of benzene rings is 1. The predicted molar refractivity (Wildman–Crippen MR) is 86.8 cm³/mol. The third-order valence-corrected chi connectivity index (χ3v) is 4.58. The van der Waals surface area contributed by atoms with Crippen LogP contribution in [0, 0.1) is 18.2 Å². The van der Waals surface area contributed by atoms with Crippen LogP contribution in [0.3, 0.4) is 0 Å². The molecule has 2 aromatic rings. The smallest absolute Gasteiger partial charge is 0.324 e. The van der Waals surface area contributed by atoms with E-state index in [0.717, 1.165) is 17.4 Å². The van der Waals surface area contributed by atoms with Crippen LogP contribution in [0.4, 0.5) is 15.8 Å². The molecule has 0 radical (unpaired) electrons. The fourth-order valence-corrected chi connectivity index (χ4v) is 3.03. The van der Waals surface area contributed by atoms with Gasteiger partial charge in [0.2, 0.25) is 4.80 Å². The number of hydrogen-bond acceptors (Lipinski definition) is 5. The minimum Gasteiger partial charge on any atom is -0.481 e. The molecule has 1 aromatic carbocycles. The lowest BCUT2D eigenvalue weighted by Gasteiger charge is -2.28. The van der Waals surface area contributed by atoms with Crippen LogP contribution in [0.1, 0.15) is 0 Å². The van der Waals surface area contributed by atoms with Gasteiger partial charge in [-0.3, -0.25) is 19.2 Å². The van der Waals surface area contributed by atoms with Crippen molar-refractivity contribution < 1.29 is 13.9 Å². The van der Waals surface area contributed by atoms with Gasteiger partial charge >= 0.3 is 4.87 Å². The van der Waals surface area contributed by atoms with Crippen LogP contribution in [-0.2, 0) is 18.9 Å². The summed E-state index contributed by atoms with van der Waals surface area (Å²) in [4.78, 5) is 29.2. The minimum absolute atomic E-state index is 0.00785. The van der Waals surface area contributed by atoms with Crippen molar-refractivity contribution in [1.82, 2.24) is 9.36 Å². The molecule has 2 heterocycles. The summed E-state index contributed by atoms with van der Waals surface area (Å²) in [6, 6.07) is 2.55. The number of aromatic nitrogens is 2. The maximum Gasteiger partial charge on any atom is 0.324 e. The molecule has 1 aliphatic heterocycles. The summed E-state index contributed by atoms with van der Waals surface area (Å²) in [7, 11) is 3.23. The average molecular weight is 348 g/mol. The first kappa shape index (κ1) is 16.0. The van der Waals surface area contributed by atoms with E-state index in [0.29, 0.717) is 10.5 Å². The van der Waals surface area contributed by atoms with Crippen molar-refractivity contribution >= 4 is 28.6 Å². The zero-order chi connectivity index (χ0) is 17.4. The summed E-state index contributed by atoms with van der Waals surface area (Å²) in [6.07, 6.45) is 5.29. The predicted octanol–water partition coefficient (Wildman–Crippen LogP) is 0.515. The molecule has 1 aliphatic rings. The van der Waals surface area contributed by atoms with Gasteiger partial charge in [0.1, 0.15) is 11.4 Å². The summed E-state index contributed by atoms with van der Waals surface area (Å²) < 4.78 is 22.4. The molecule has 7 nitrogen and oxygen atoms in total. The Labute approximate surface area is 140 Å². The first-order chi connectivity index (χ1) is 11.4. The van der Waals surface area contributed by atoms with Crippen molar-refractivity contribution in [2.45, 2.75) is 0 Å². The lowest BCUT2D eigenvalue weighted by atomic mass is 10.2. The average Bonchev–Trinajstić information content (AvgIpc) is 2.79. The highest BCUT2D eigenvalue weighted by Crippen LogP contribution is 2.37. The van der Waals surface area contributed by atoms with E-state index in [1.807, 2.05) is 0 Å². The number of anilines is 1. The van der Waals surface area contributed by atoms with Crippen molar-refractivity contribution in [3.8, 4) is 18.1 Å². The number of rotatable bonds is 2. The molecule has 0 bridgehead atoms. The van der Waals surface area contributed by atoms with Crippen LogP contribution in [0.15, 0.2) is 21.9 Å². The molecule has 9 heteroatoms.